The van der Waals surface area contributed by atoms with Crippen molar-refractivity contribution in [2.75, 3.05) is 40.9 Å². The summed E-state index contributed by atoms with van der Waals surface area (Å²) in [5, 5.41) is 13.9. The highest BCUT2D eigenvalue weighted by atomic mass is 31.2. The van der Waals surface area contributed by atoms with E-state index >= 15 is 0 Å². The van der Waals surface area contributed by atoms with Crippen LogP contribution in [0.5, 0.6) is 0 Å². The number of allylic oxidation sites excluding steroid dienone is 5. The average molecular weight is 980 g/mol. The summed E-state index contributed by atoms with van der Waals surface area (Å²) in [7, 11) is 1.27. The predicted octanol–water partition coefficient (Wildman–Crippen LogP) is 17.1. The van der Waals surface area contributed by atoms with E-state index in [1.54, 1.807) is 6.08 Å². The van der Waals surface area contributed by atoms with Crippen LogP contribution in [-0.2, 0) is 18.4 Å². The van der Waals surface area contributed by atoms with Gasteiger partial charge < -0.3 is 28.8 Å². The molecular weight excluding hydrogens is 864 g/mol. The molecule has 8 nitrogen and oxygen atoms in total. The molecule has 3 unspecified atom stereocenters. The molecular formula is C59H115N2O6P. The van der Waals surface area contributed by atoms with E-state index in [9.17, 15) is 19.4 Å². The maximum absolute atomic E-state index is 13.0. The highest BCUT2D eigenvalue weighted by molar-refractivity contribution is 7.45. The number of phosphoric acid groups is 1. The van der Waals surface area contributed by atoms with Gasteiger partial charge in [0, 0.05) is 6.42 Å². The van der Waals surface area contributed by atoms with Gasteiger partial charge in [-0.2, -0.15) is 0 Å². The second-order valence-corrected chi connectivity index (χ2v) is 22.8. The van der Waals surface area contributed by atoms with Gasteiger partial charge in [-0.3, -0.25) is 9.36 Å². The number of hydrogen-bond acceptors (Lipinski definition) is 6. The Labute approximate surface area is 423 Å². The number of nitrogens with one attached hydrogen (secondary N) is 1. The van der Waals surface area contributed by atoms with Gasteiger partial charge in [0.25, 0.3) is 7.82 Å². The molecule has 0 aliphatic rings. The third kappa shape index (κ3) is 52.5. The summed E-state index contributed by atoms with van der Waals surface area (Å²) in [5.41, 5.74) is 0. The van der Waals surface area contributed by atoms with E-state index in [4.69, 9.17) is 9.05 Å². The second-order valence-electron chi connectivity index (χ2n) is 21.4. The molecule has 0 aliphatic carbocycles. The smallest absolute Gasteiger partial charge is 0.268 e. The van der Waals surface area contributed by atoms with Crippen LogP contribution in [0.15, 0.2) is 36.5 Å². The molecule has 402 valence electrons. The third-order valence-corrected chi connectivity index (χ3v) is 14.3. The van der Waals surface area contributed by atoms with Crippen molar-refractivity contribution in [3.63, 3.8) is 0 Å². The van der Waals surface area contributed by atoms with Crippen LogP contribution in [0.4, 0.5) is 0 Å². The summed E-state index contributed by atoms with van der Waals surface area (Å²) in [6, 6.07) is -0.889. The number of aliphatic hydroxyl groups excluding tert-OH is 1. The Kier molecular flexibility index (Phi) is 49.7. The lowest BCUT2D eigenvalue weighted by atomic mass is 10.0. The molecule has 2 N–H and O–H groups in total. The van der Waals surface area contributed by atoms with Crippen molar-refractivity contribution in [3.8, 4) is 0 Å². The van der Waals surface area contributed by atoms with Crippen LogP contribution in [0.3, 0.4) is 0 Å². The fourth-order valence-electron chi connectivity index (χ4n) is 8.72. The lowest BCUT2D eigenvalue weighted by Crippen LogP contribution is -2.45. The van der Waals surface area contributed by atoms with Gasteiger partial charge in [0.1, 0.15) is 13.2 Å². The summed E-state index contributed by atoms with van der Waals surface area (Å²) in [4.78, 5) is 25.5. The van der Waals surface area contributed by atoms with E-state index in [0.29, 0.717) is 17.4 Å². The molecule has 1 amide bonds. The van der Waals surface area contributed by atoms with E-state index in [1.165, 1.54) is 218 Å². The fraction of sp³-hybridized carbons (Fsp3) is 0.881. The van der Waals surface area contributed by atoms with E-state index in [0.717, 1.165) is 44.9 Å². The SMILES string of the molecule is CCCCCCC/C=C\C/C=C\CCCCCCCCCCCC(=O)NC(COP(=O)([O-])OCC[N+](C)(C)C)C(O)/C=C/CCCCCCCCCCCCCCCCCCCCCCCCC. The van der Waals surface area contributed by atoms with Crippen molar-refractivity contribution >= 4 is 13.7 Å². The van der Waals surface area contributed by atoms with Crippen LogP contribution in [0.1, 0.15) is 284 Å². The molecule has 0 aromatic rings. The lowest BCUT2D eigenvalue weighted by Gasteiger charge is -2.29. The maximum atomic E-state index is 13.0. The Balaban J connectivity index is 4.21. The standard InChI is InChI=1S/C59H115N2O6P/c1-6-8-10-12-14-16-18-20-22-24-26-28-29-30-31-33-34-36-38-40-42-44-46-48-50-52-58(62)57(56-67-68(64,65)66-55-54-61(3,4)5)60-59(63)53-51-49-47-45-43-41-39-37-35-32-27-25-23-21-19-17-15-13-11-9-7-2/h19,21,25,27,50,52,57-58,62H,6-18,20,22-24,26,28-49,51,53-56H2,1-5H3,(H-,60,63,64,65)/b21-19-,27-25-,52-50+. The second kappa shape index (κ2) is 50.7. The molecule has 0 saturated carbocycles. The number of carbonyl (C=O) groups excluding carboxylic acids is 1. The number of rotatable bonds is 54. The maximum Gasteiger partial charge on any atom is 0.268 e. The summed E-state index contributed by atoms with van der Waals surface area (Å²) < 4.78 is 23.4. The topological polar surface area (TPSA) is 108 Å². The van der Waals surface area contributed by atoms with Gasteiger partial charge in [-0.25, -0.2) is 0 Å². The highest BCUT2D eigenvalue weighted by Crippen LogP contribution is 2.38. The minimum Gasteiger partial charge on any atom is -0.756 e. The molecule has 0 aromatic carbocycles. The molecule has 68 heavy (non-hydrogen) atoms. The van der Waals surface area contributed by atoms with Crippen molar-refractivity contribution in [1.29, 1.82) is 0 Å². The number of phosphoric ester groups is 1. The van der Waals surface area contributed by atoms with Crippen LogP contribution >= 0.6 is 7.82 Å². The van der Waals surface area contributed by atoms with Crippen molar-refractivity contribution in [2.24, 2.45) is 0 Å². The van der Waals surface area contributed by atoms with Gasteiger partial charge in [-0.1, -0.05) is 262 Å². The predicted molar refractivity (Wildman–Crippen MR) is 293 cm³/mol. The summed E-state index contributed by atoms with van der Waals surface area (Å²) >= 11 is 0. The minimum absolute atomic E-state index is 0.00142. The summed E-state index contributed by atoms with van der Waals surface area (Å²) in [5.74, 6) is -0.199. The molecule has 0 rings (SSSR count). The number of hydrogen-bond donors (Lipinski definition) is 2. The van der Waals surface area contributed by atoms with Gasteiger partial charge >= 0.3 is 0 Å². The number of aliphatic hydroxyl groups is 1. The Hall–Kier alpha value is -1.28. The van der Waals surface area contributed by atoms with Gasteiger partial charge in [0.05, 0.1) is 39.9 Å². The monoisotopic (exact) mass is 979 g/mol. The number of unbranched alkanes of at least 4 members (excludes halogenated alkanes) is 37. The van der Waals surface area contributed by atoms with Gasteiger partial charge in [-0.05, 0) is 51.4 Å². The largest absolute Gasteiger partial charge is 0.756 e. The highest BCUT2D eigenvalue weighted by Gasteiger charge is 2.23. The van der Waals surface area contributed by atoms with Crippen molar-refractivity contribution in [1.82, 2.24) is 5.32 Å². The first-order chi connectivity index (χ1) is 33.0. The van der Waals surface area contributed by atoms with Crippen LogP contribution in [0, 0.1) is 0 Å². The zero-order valence-corrected chi connectivity index (χ0v) is 46.7. The van der Waals surface area contributed by atoms with E-state index in [2.05, 4.69) is 43.5 Å². The third-order valence-electron chi connectivity index (χ3n) is 13.3. The molecule has 3 atom stereocenters. The molecule has 0 fully saturated rings. The molecule has 0 aromatic heterocycles. The molecule has 0 spiro atoms. The summed E-state index contributed by atoms with van der Waals surface area (Å²) in [6.07, 6.45) is 65.0. The zero-order chi connectivity index (χ0) is 49.9. The van der Waals surface area contributed by atoms with Crippen LogP contribution in [-0.4, -0.2) is 68.5 Å². The van der Waals surface area contributed by atoms with Crippen LogP contribution < -0.4 is 10.2 Å². The molecule has 0 heterocycles. The molecule has 0 bridgehead atoms. The Bertz CT molecular complexity index is 1200. The van der Waals surface area contributed by atoms with Crippen LogP contribution in [0.25, 0.3) is 0 Å². The zero-order valence-electron chi connectivity index (χ0n) is 45.8. The van der Waals surface area contributed by atoms with Gasteiger partial charge in [0.15, 0.2) is 0 Å². The number of amides is 1. The Morgan fingerprint density at radius 1 is 0.515 bits per heavy atom. The van der Waals surface area contributed by atoms with Gasteiger partial charge in [0.2, 0.25) is 5.91 Å². The normalized spacial score (nSPS) is 14.2. The van der Waals surface area contributed by atoms with Gasteiger partial charge in [-0.15, -0.1) is 0 Å². The lowest BCUT2D eigenvalue weighted by molar-refractivity contribution is -0.870. The average Bonchev–Trinajstić information content (AvgIpc) is 3.30. The molecule has 0 aliphatic heterocycles. The van der Waals surface area contributed by atoms with E-state index < -0.39 is 20.0 Å². The van der Waals surface area contributed by atoms with E-state index in [1.807, 2.05) is 27.2 Å². The molecule has 0 radical (unpaired) electrons. The minimum atomic E-state index is -4.60. The summed E-state index contributed by atoms with van der Waals surface area (Å²) in [6.45, 7) is 4.67. The van der Waals surface area contributed by atoms with Crippen molar-refractivity contribution in [3.05, 3.63) is 36.5 Å². The Morgan fingerprint density at radius 3 is 1.22 bits per heavy atom. The fourth-order valence-corrected chi connectivity index (χ4v) is 9.44. The Morgan fingerprint density at radius 2 is 0.853 bits per heavy atom. The number of likely N-dealkylation sites (N-methyl/N-ethyl adjacent to an activating group) is 1. The first-order valence-corrected chi connectivity index (χ1v) is 30.8. The quantitative estimate of drug-likeness (QED) is 0.0272. The molecule has 9 heteroatoms. The van der Waals surface area contributed by atoms with Crippen LogP contribution in [0.2, 0.25) is 0 Å². The van der Waals surface area contributed by atoms with Crippen molar-refractivity contribution in [2.45, 2.75) is 296 Å². The van der Waals surface area contributed by atoms with Crippen molar-refractivity contribution < 1.29 is 32.9 Å². The van der Waals surface area contributed by atoms with E-state index in [-0.39, 0.29) is 19.1 Å². The molecule has 0 saturated heterocycles. The number of nitrogens with zero attached hydrogens (tertiary/aromatic N) is 1. The number of carbonyl (C=O) groups is 1. The first kappa shape index (κ1) is 66.7. The number of quaternary nitrogens is 1. The first-order valence-electron chi connectivity index (χ1n) is 29.4.